The van der Waals surface area contributed by atoms with Crippen molar-refractivity contribution in [2.75, 3.05) is 6.61 Å². The van der Waals surface area contributed by atoms with Crippen molar-refractivity contribution in [2.24, 2.45) is 0 Å². The van der Waals surface area contributed by atoms with Crippen molar-refractivity contribution >= 4 is 23.7 Å². The average Bonchev–Trinajstić information content (AvgIpc) is 2.72. The fourth-order valence-corrected chi connectivity index (χ4v) is 2.11. The molecule has 0 amide bonds. The maximum absolute atomic E-state index is 11.5. The van der Waals surface area contributed by atoms with Gasteiger partial charge in [0.05, 0.1) is 6.61 Å². The number of ketones is 1. The molecule has 0 saturated carbocycles. The van der Waals surface area contributed by atoms with Gasteiger partial charge in [0.1, 0.15) is 31.8 Å². The number of rotatable bonds is 9. The smallest absolute Gasteiger partial charge is 0.317 e. The molecule has 7 heteroatoms. The fraction of sp³-hybridized carbons (Fsp3) is 0.304. The first kappa shape index (κ1) is 24.6. The van der Waals surface area contributed by atoms with Crippen LogP contribution in [-0.4, -0.2) is 30.3 Å². The zero-order chi connectivity index (χ0) is 22.2. The van der Waals surface area contributed by atoms with Crippen LogP contribution >= 0.6 is 0 Å². The molecule has 2 aromatic carbocycles. The second-order valence-electron chi connectivity index (χ2n) is 6.15. The quantitative estimate of drug-likeness (QED) is 0.352. The third kappa shape index (κ3) is 12.1. The SMILES string of the molecule is CCOC(=O)CC(C)=O.O=C(CC(=O)OCc1ccccc1)OCc1ccccc1. The molecule has 0 aromatic heterocycles. The van der Waals surface area contributed by atoms with Crippen LogP contribution in [0.4, 0.5) is 0 Å². The van der Waals surface area contributed by atoms with E-state index in [1.165, 1.54) is 6.92 Å². The Morgan fingerprint density at radius 3 is 1.40 bits per heavy atom. The summed E-state index contributed by atoms with van der Waals surface area (Å²) < 4.78 is 14.5. The minimum atomic E-state index is -0.586. The lowest BCUT2D eigenvalue weighted by molar-refractivity contribution is -0.156. The lowest BCUT2D eigenvalue weighted by Gasteiger charge is -2.06. The maximum atomic E-state index is 11.5. The van der Waals surface area contributed by atoms with Crippen LogP contribution < -0.4 is 0 Å². The number of Topliss-reactive ketones (excluding diaryl/α,β-unsaturated/α-hetero) is 1. The Morgan fingerprint density at radius 1 is 0.633 bits per heavy atom. The first-order valence-electron chi connectivity index (χ1n) is 9.44. The molecule has 0 aliphatic rings. The number of carbonyl (C=O) groups excluding carboxylic acids is 4. The summed E-state index contributed by atoms with van der Waals surface area (Å²) >= 11 is 0. The van der Waals surface area contributed by atoms with Crippen LogP contribution in [-0.2, 0) is 46.6 Å². The third-order valence-corrected chi connectivity index (χ3v) is 3.47. The van der Waals surface area contributed by atoms with Gasteiger partial charge in [0.15, 0.2) is 0 Å². The molecular formula is C23H26O7. The summed E-state index contributed by atoms with van der Waals surface area (Å²) in [5.41, 5.74) is 1.76. The van der Waals surface area contributed by atoms with Crippen molar-refractivity contribution in [1.82, 2.24) is 0 Å². The normalized spacial score (nSPS) is 9.53. The minimum Gasteiger partial charge on any atom is -0.466 e. The van der Waals surface area contributed by atoms with Crippen LogP contribution in [0.5, 0.6) is 0 Å². The Labute approximate surface area is 175 Å². The topological polar surface area (TPSA) is 96.0 Å². The molecule has 7 nitrogen and oxygen atoms in total. The van der Waals surface area contributed by atoms with E-state index in [2.05, 4.69) is 4.74 Å². The van der Waals surface area contributed by atoms with Crippen molar-refractivity contribution < 1.29 is 33.4 Å². The summed E-state index contributed by atoms with van der Waals surface area (Å²) in [6, 6.07) is 18.6. The van der Waals surface area contributed by atoms with Gasteiger partial charge in [0.2, 0.25) is 0 Å². The molecule has 0 spiro atoms. The first-order chi connectivity index (χ1) is 14.4. The molecule has 0 unspecified atom stereocenters. The van der Waals surface area contributed by atoms with Gasteiger partial charge >= 0.3 is 17.9 Å². The number of hydrogen-bond donors (Lipinski definition) is 0. The van der Waals surface area contributed by atoms with E-state index in [0.29, 0.717) is 6.61 Å². The zero-order valence-corrected chi connectivity index (χ0v) is 17.2. The summed E-state index contributed by atoms with van der Waals surface area (Å²) in [4.78, 5) is 43.7. The molecule has 0 aliphatic carbocycles. The van der Waals surface area contributed by atoms with Crippen molar-refractivity contribution in [3.8, 4) is 0 Å². The fourth-order valence-electron chi connectivity index (χ4n) is 2.11. The van der Waals surface area contributed by atoms with Crippen molar-refractivity contribution in [3.05, 3.63) is 71.8 Å². The molecule has 30 heavy (non-hydrogen) atoms. The van der Waals surface area contributed by atoms with E-state index in [1.54, 1.807) is 6.92 Å². The van der Waals surface area contributed by atoms with E-state index in [-0.39, 0.29) is 31.8 Å². The second kappa shape index (κ2) is 14.5. The lowest BCUT2D eigenvalue weighted by atomic mass is 10.2. The van der Waals surface area contributed by atoms with Gasteiger partial charge in [-0.3, -0.25) is 19.2 Å². The Hall–Kier alpha value is -3.48. The Balaban J connectivity index is 0.000000424. The summed E-state index contributed by atoms with van der Waals surface area (Å²) in [5.74, 6) is -1.77. The van der Waals surface area contributed by atoms with E-state index in [1.807, 2.05) is 60.7 Å². The number of ether oxygens (including phenoxy) is 3. The van der Waals surface area contributed by atoms with Gasteiger partial charge in [-0.2, -0.15) is 0 Å². The van der Waals surface area contributed by atoms with Gasteiger partial charge < -0.3 is 14.2 Å². The van der Waals surface area contributed by atoms with Crippen molar-refractivity contribution in [1.29, 1.82) is 0 Å². The van der Waals surface area contributed by atoms with E-state index >= 15 is 0 Å². The molecule has 0 fully saturated rings. The largest absolute Gasteiger partial charge is 0.466 e. The molecule has 2 aromatic rings. The third-order valence-electron chi connectivity index (χ3n) is 3.47. The highest BCUT2D eigenvalue weighted by Crippen LogP contribution is 2.04. The molecule has 0 aliphatic heterocycles. The summed E-state index contributed by atoms with van der Waals surface area (Å²) in [5, 5.41) is 0. The Bertz CT molecular complexity index is 747. The van der Waals surface area contributed by atoms with Crippen molar-refractivity contribution in [2.45, 2.75) is 39.9 Å². The predicted molar refractivity (Wildman–Crippen MR) is 109 cm³/mol. The van der Waals surface area contributed by atoms with Gasteiger partial charge in [0.25, 0.3) is 0 Å². The Morgan fingerprint density at radius 2 is 1.03 bits per heavy atom. The van der Waals surface area contributed by atoms with Crippen LogP contribution in [0.2, 0.25) is 0 Å². The summed E-state index contributed by atoms with van der Waals surface area (Å²) in [6.07, 6.45) is -0.479. The monoisotopic (exact) mass is 414 g/mol. The molecule has 0 heterocycles. The summed E-state index contributed by atoms with van der Waals surface area (Å²) in [6.45, 7) is 3.72. The average molecular weight is 414 g/mol. The minimum absolute atomic E-state index is 0.103. The van der Waals surface area contributed by atoms with E-state index in [9.17, 15) is 19.2 Å². The lowest BCUT2D eigenvalue weighted by Crippen LogP contribution is -2.13. The molecule has 2 rings (SSSR count). The first-order valence-corrected chi connectivity index (χ1v) is 9.44. The van der Waals surface area contributed by atoms with Crippen LogP contribution in [0, 0.1) is 0 Å². The highest BCUT2D eigenvalue weighted by molar-refractivity contribution is 5.94. The van der Waals surface area contributed by atoms with Gasteiger partial charge in [0, 0.05) is 0 Å². The van der Waals surface area contributed by atoms with E-state index in [4.69, 9.17) is 9.47 Å². The highest BCUT2D eigenvalue weighted by Gasteiger charge is 2.12. The number of benzene rings is 2. The van der Waals surface area contributed by atoms with E-state index in [0.717, 1.165) is 11.1 Å². The molecule has 0 bridgehead atoms. The standard InChI is InChI=1S/C17H16O4.C6H10O3/c18-16(20-12-14-7-3-1-4-8-14)11-17(19)21-13-15-9-5-2-6-10-15;1-3-9-6(8)4-5(2)7/h1-10H,11-13H2;3-4H2,1-2H3. The molecule has 0 radical (unpaired) electrons. The molecule has 0 atom stereocenters. The molecule has 160 valence electrons. The molecular weight excluding hydrogens is 388 g/mol. The maximum Gasteiger partial charge on any atom is 0.317 e. The Kier molecular flexibility index (Phi) is 11.9. The highest BCUT2D eigenvalue weighted by atomic mass is 16.6. The number of esters is 3. The number of hydrogen-bond acceptors (Lipinski definition) is 7. The number of carbonyl (C=O) groups is 4. The van der Waals surface area contributed by atoms with Gasteiger partial charge in [-0.25, -0.2) is 0 Å². The van der Waals surface area contributed by atoms with Crippen LogP contribution in [0.15, 0.2) is 60.7 Å². The molecule has 0 saturated heterocycles. The van der Waals surface area contributed by atoms with Crippen molar-refractivity contribution in [3.63, 3.8) is 0 Å². The van der Waals surface area contributed by atoms with Gasteiger partial charge in [-0.1, -0.05) is 60.7 Å². The van der Waals surface area contributed by atoms with Crippen LogP contribution in [0.3, 0.4) is 0 Å². The molecule has 0 N–H and O–H groups in total. The van der Waals surface area contributed by atoms with E-state index < -0.39 is 17.9 Å². The predicted octanol–water partition coefficient (Wildman–Crippen LogP) is 3.39. The zero-order valence-electron chi connectivity index (χ0n) is 17.2. The summed E-state index contributed by atoms with van der Waals surface area (Å²) in [7, 11) is 0. The van der Waals surface area contributed by atoms with Crippen LogP contribution in [0.25, 0.3) is 0 Å². The van der Waals surface area contributed by atoms with Crippen LogP contribution in [0.1, 0.15) is 37.8 Å². The van der Waals surface area contributed by atoms with Gasteiger partial charge in [-0.05, 0) is 25.0 Å². The van der Waals surface area contributed by atoms with Gasteiger partial charge in [-0.15, -0.1) is 0 Å². The second-order valence-corrected chi connectivity index (χ2v) is 6.15.